The van der Waals surface area contributed by atoms with E-state index in [1.165, 1.54) is 6.92 Å². The smallest absolute Gasteiger partial charge is 0.277 e. The van der Waals surface area contributed by atoms with Crippen LogP contribution in [0.1, 0.15) is 20.3 Å². The molecule has 0 radical (unpaired) electrons. The molecule has 72 valence electrons. The molecular weight excluding hydrogens is 180 g/mol. The minimum absolute atomic E-state index is 0.154. The zero-order valence-electron chi connectivity index (χ0n) is 7.25. The van der Waals surface area contributed by atoms with Crippen molar-refractivity contribution < 1.29 is 13.2 Å². The Kier molecular flexibility index (Phi) is 5.03. The lowest BCUT2D eigenvalue weighted by atomic mass is 10.5. The van der Waals surface area contributed by atoms with Crippen molar-refractivity contribution in [3.8, 4) is 0 Å². The van der Waals surface area contributed by atoms with E-state index in [9.17, 15) is 13.2 Å². The maximum atomic E-state index is 10.9. The Bertz CT molecular complexity index is 235. The fourth-order valence-electron chi connectivity index (χ4n) is 0.484. The second kappa shape index (κ2) is 5.23. The van der Waals surface area contributed by atoms with E-state index in [4.69, 9.17) is 0 Å². The third-order valence-corrected chi connectivity index (χ3v) is 2.16. The van der Waals surface area contributed by atoms with Crippen LogP contribution >= 0.6 is 0 Å². The van der Waals surface area contributed by atoms with Gasteiger partial charge in [0.2, 0.25) is 0 Å². The molecule has 0 saturated heterocycles. The molecule has 0 aliphatic carbocycles. The van der Waals surface area contributed by atoms with E-state index >= 15 is 0 Å². The molecular formula is C6H14N2O3S. The van der Waals surface area contributed by atoms with Gasteiger partial charge in [0.15, 0.2) is 0 Å². The number of carbonyl (C=O) groups excluding carboxylic acids is 1. The van der Waals surface area contributed by atoms with E-state index in [2.05, 4.69) is 9.44 Å². The summed E-state index contributed by atoms with van der Waals surface area (Å²) < 4.78 is 26.2. The number of nitrogens with one attached hydrogen (secondary N) is 2. The normalized spacial score (nSPS) is 11.5. The average molecular weight is 194 g/mol. The molecule has 0 aromatic heterocycles. The fourth-order valence-corrected chi connectivity index (χ4v) is 1.45. The molecule has 12 heavy (non-hydrogen) atoms. The average Bonchev–Trinajstić information content (AvgIpc) is 1.98. The minimum atomic E-state index is -3.46. The first-order chi connectivity index (χ1) is 5.48. The number of hydrogen-bond donors (Lipinski definition) is 2. The summed E-state index contributed by atoms with van der Waals surface area (Å²) in [5.74, 6) is -0.211. The van der Waals surface area contributed by atoms with Gasteiger partial charge in [-0.3, -0.25) is 4.79 Å². The Hall–Kier alpha value is -0.460. The molecule has 0 fully saturated rings. The molecule has 0 aromatic carbocycles. The van der Waals surface area contributed by atoms with Crippen molar-refractivity contribution in [3.63, 3.8) is 0 Å². The molecule has 0 aliphatic heterocycles. The highest BCUT2D eigenvalue weighted by Gasteiger charge is 2.07. The van der Waals surface area contributed by atoms with E-state index in [1.807, 2.05) is 6.92 Å². The maximum absolute atomic E-state index is 10.9. The Morgan fingerprint density at radius 2 is 1.92 bits per heavy atom. The van der Waals surface area contributed by atoms with Crippen LogP contribution in [0.5, 0.6) is 0 Å². The first-order valence-corrected chi connectivity index (χ1v) is 5.20. The van der Waals surface area contributed by atoms with Crippen LogP contribution < -0.4 is 9.44 Å². The lowest BCUT2D eigenvalue weighted by Gasteiger charge is -2.04. The van der Waals surface area contributed by atoms with Crippen LogP contribution in [0.2, 0.25) is 0 Å². The number of rotatable bonds is 6. The zero-order chi connectivity index (χ0) is 9.61. The van der Waals surface area contributed by atoms with Gasteiger partial charge in [0.25, 0.3) is 10.2 Å². The summed E-state index contributed by atoms with van der Waals surface area (Å²) in [4.78, 5) is 10.4. The largest absolute Gasteiger partial charge is 0.299 e. The van der Waals surface area contributed by atoms with E-state index in [0.29, 0.717) is 6.54 Å². The molecule has 0 rings (SSSR count). The second-order valence-electron chi connectivity index (χ2n) is 2.42. The van der Waals surface area contributed by atoms with E-state index in [0.717, 1.165) is 6.42 Å². The van der Waals surface area contributed by atoms with Crippen LogP contribution in [-0.2, 0) is 15.0 Å². The molecule has 0 unspecified atom stereocenters. The molecule has 2 N–H and O–H groups in total. The van der Waals surface area contributed by atoms with Gasteiger partial charge in [0.05, 0.1) is 6.54 Å². The van der Waals surface area contributed by atoms with E-state index in [-0.39, 0.29) is 12.3 Å². The first kappa shape index (κ1) is 11.5. The van der Waals surface area contributed by atoms with Crippen molar-refractivity contribution in [3.05, 3.63) is 0 Å². The SMILES string of the molecule is CCCNS(=O)(=O)NCC(C)=O. The zero-order valence-corrected chi connectivity index (χ0v) is 8.07. The summed E-state index contributed by atoms with van der Waals surface area (Å²) in [7, 11) is -3.46. The predicted molar refractivity (Wildman–Crippen MR) is 45.9 cm³/mol. The Morgan fingerprint density at radius 1 is 1.33 bits per heavy atom. The first-order valence-electron chi connectivity index (χ1n) is 3.71. The highest BCUT2D eigenvalue weighted by Crippen LogP contribution is 1.78. The van der Waals surface area contributed by atoms with Crippen molar-refractivity contribution in [1.29, 1.82) is 0 Å². The highest BCUT2D eigenvalue weighted by molar-refractivity contribution is 7.87. The van der Waals surface area contributed by atoms with Crippen molar-refractivity contribution in [2.24, 2.45) is 0 Å². The van der Waals surface area contributed by atoms with Crippen molar-refractivity contribution in [2.45, 2.75) is 20.3 Å². The molecule has 0 aliphatic rings. The van der Waals surface area contributed by atoms with Crippen LogP contribution in [-0.4, -0.2) is 27.3 Å². The monoisotopic (exact) mass is 194 g/mol. The molecule has 0 saturated carbocycles. The minimum Gasteiger partial charge on any atom is -0.299 e. The fraction of sp³-hybridized carbons (Fsp3) is 0.833. The number of Topliss-reactive ketones (excluding diaryl/α,β-unsaturated/α-hetero) is 1. The molecule has 0 bridgehead atoms. The lowest BCUT2D eigenvalue weighted by Crippen LogP contribution is -2.39. The number of hydrogen-bond acceptors (Lipinski definition) is 3. The number of carbonyl (C=O) groups is 1. The van der Waals surface area contributed by atoms with Crippen LogP contribution in [0.25, 0.3) is 0 Å². The summed E-state index contributed by atoms with van der Waals surface area (Å²) in [5.41, 5.74) is 0. The second-order valence-corrected chi connectivity index (χ2v) is 4.01. The van der Waals surface area contributed by atoms with Gasteiger partial charge in [-0.2, -0.15) is 13.1 Å². The molecule has 5 nitrogen and oxygen atoms in total. The third kappa shape index (κ3) is 6.26. The molecule has 0 aromatic rings. The van der Waals surface area contributed by atoms with Gasteiger partial charge in [-0.05, 0) is 13.3 Å². The predicted octanol–water partition coefficient (Wildman–Crippen LogP) is -0.591. The highest BCUT2D eigenvalue weighted by atomic mass is 32.2. The quantitative estimate of drug-likeness (QED) is 0.593. The van der Waals surface area contributed by atoms with E-state index < -0.39 is 10.2 Å². The number of ketones is 1. The lowest BCUT2D eigenvalue weighted by molar-refractivity contribution is -0.115. The van der Waals surface area contributed by atoms with Crippen molar-refractivity contribution in [2.75, 3.05) is 13.1 Å². The van der Waals surface area contributed by atoms with Crippen molar-refractivity contribution >= 4 is 16.0 Å². The van der Waals surface area contributed by atoms with E-state index in [1.54, 1.807) is 0 Å². The van der Waals surface area contributed by atoms with Gasteiger partial charge < -0.3 is 0 Å². The Labute approximate surface area is 72.7 Å². The van der Waals surface area contributed by atoms with Crippen LogP contribution in [0, 0.1) is 0 Å². The Balaban J connectivity index is 3.80. The summed E-state index contributed by atoms with van der Waals surface area (Å²) in [6.45, 7) is 3.40. The summed E-state index contributed by atoms with van der Waals surface area (Å²) in [6, 6.07) is 0. The van der Waals surface area contributed by atoms with Crippen LogP contribution in [0.3, 0.4) is 0 Å². The van der Waals surface area contributed by atoms with Gasteiger partial charge in [-0.1, -0.05) is 6.92 Å². The summed E-state index contributed by atoms with van der Waals surface area (Å²) in [5, 5.41) is 0. The molecule has 0 atom stereocenters. The van der Waals surface area contributed by atoms with Gasteiger partial charge in [-0.15, -0.1) is 0 Å². The molecule has 0 spiro atoms. The molecule has 0 heterocycles. The van der Waals surface area contributed by atoms with Gasteiger partial charge >= 0.3 is 0 Å². The third-order valence-electron chi connectivity index (χ3n) is 1.05. The topological polar surface area (TPSA) is 75.3 Å². The summed E-state index contributed by atoms with van der Waals surface area (Å²) >= 11 is 0. The van der Waals surface area contributed by atoms with Gasteiger partial charge in [0, 0.05) is 6.54 Å². The van der Waals surface area contributed by atoms with Gasteiger partial charge in [-0.25, -0.2) is 4.72 Å². The van der Waals surface area contributed by atoms with Gasteiger partial charge in [0.1, 0.15) is 5.78 Å². The molecule has 0 amide bonds. The summed E-state index contributed by atoms with van der Waals surface area (Å²) in [6.07, 6.45) is 0.723. The Morgan fingerprint density at radius 3 is 2.33 bits per heavy atom. The van der Waals surface area contributed by atoms with Crippen LogP contribution in [0.15, 0.2) is 0 Å². The maximum Gasteiger partial charge on any atom is 0.277 e. The van der Waals surface area contributed by atoms with Crippen LogP contribution in [0.4, 0.5) is 0 Å². The molecule has 6 heteroatoms. The van der Waals surface area contributed by atoms with Crippen molar-refractivity contribution in [1.82, 2.24) is 9.44 Å². The standard InChI is InChI=1S/C6H14N2O3S/c1-3-4-7-12(10,11)8-5-6(2)9/h7-8H,3-5H2,1-2H3.